The zero-order valence-electron chi connectivity index (χ0n) is 14.6. The number of aromatic nitrogens is 3. The first-order chi connectivity index (χ1) is 12.5. The summed E-state index contributed by atoms with van der Waals surface area (Å²) >= 11 is 0. The predicted molar refractivity (Wildman–Crippen MR) is 100 cm³/mol. The number of hydrogen-bond acceptors (Lipinski definition) is 7. The van der Waals surface area contributed by atoms with Gasteiger partial charge in [0.1, 0.15) is 12.1 Å². The molecular weight excluding hydrogens is 332 g/mol. The van der Waals surface area contributed by atoms with Crippen LogP contribution in [0.25, 0.3) is 0 Å². The van der Waals surface area contributed by atoms with Gasteiger partial charge in [-0.25, -0.2) is 15.0 Å². The van der Waals surface area contributed by atoms with Crippen molar-refractivity contribution < 1.29 is 4.92 Å². The predicted octanol–water partition coefficient (Wildman–Crippen LogP) is 4.19. The molecule has 2 aromatic heterocycles. The van der Waals surface area contributed by atoms with E-state index in [0.717, 1.165) is 22.4 Å². The average molecular weight is 350 g/mol. The molecule has 2 heterocycles. The second-order valence-corrected chi connectivity index (χ2v) is 5.89. The van der Waals surface area contributed by atoms with Crippen molar-refractivity contribution in [2.24, 2.45) is 0 Å². The number of nitrogens with one attached hydrogen (secondary N) is 2. The molecule has 0 saturated heterocycles. The third-order valence-corrected chi connectivity index (χ3v) is 4.02. The Morgan fingerprint density at radius 1 is 0.962 bits per heavy atom. The van der Waals surface area contributed by atoms with Gasteiger partial charge in [-0.15, -0.1) is 0 Å². The molecule has 8 heteroatoms. The van der Waals surface area contributed by atoms with Gasteiger partial charge >= 0.3 is 5.69 Å². The van der Waals surface area contributed by atoms with Crippen LogP contribution in [0.4, 0.5) is 28.8 Å². The van der Waals surface area contributed by atoms with Gasteiger partial charge in [-0.05, 0) is 49.6 Å². The fraction of sp³-hybridized carbons (Fsp3) is 0.167. The Morgan fingerprint density at radius 2 is 1.69 bits per heavy atom. The summed E-state index contributed by atoms with van der Waals surface area (Å²) in [5.74, 6) is 0.664. The molecule has 0 amide bonds. The molecule has 0 aliphatic rings. The fourth-order valence-corrected chi connectivity index (χ4v) is 2.41. The number of nitro groups is 1. The van der Waals surface area contributed by atoms with E-state index in [1.54, 1.807) is 12.3 Å². The summed E-state index contributed by atoms with van der Waals surface area (Å²) in [6, 6.07) is 9.30. The van der Waals surface area contributed by atoms with Gasteiger partial charge in [-0.2, -0.15) is 0 Å². The van der Waals surface area contributed by atoms with Crippen LogP contribution in [0.5, 0.6) is 0 Å². The van der Waals surface area contributed by atoms with Gasteiger partial charge in [-0.1, -0.05) is 18.2 Å². The van der Waals surface area contributed by atoms with Crippen molar-refractivity contribution in [1.29, 1.82) is 0 Å². The lowest BCUT2D eigenvalue weighted by Gasteiger charge is -2.12. The first-order valence-electron chi connectivity index (χ1n) is 7.98. The molecule has 0 atom stereocenters. The zero-order valence-corrected chi connectivity index (χ0v) is 14.6. The van der Waals surface area contributed by atoms with E-state index in [-0.39, 0.29) is 17.3 Å². The van der Waals surface area contributed by atoms with E-state index >= 15 is 0 Å². The monoisotopic (exact) mass is 350 g/mol. The van der Waals surface area contributed by atoms with Crippen LogP contribution in [0.3, 0.4) is 0 Å². The average Bonchev–Trinajstić information content (AvgIpc) is 2.61. The first-order valence-corrected chi connectivity index (χ1v) is 7.98. The molecule has 0 unspecified atom stereocenters. The molecule has 0 saturated carbocycles. The summed E-state index contributed by atoms with van der Waals surface area (Å²) in [6.45, 7) is 5.83. The van der Waals surface area contributed by atoms with E-state index in [9.17, 15) is 10.1 Å². The summed E-state index contributed by atoms with van der Waals surface area (Å²) in [6.07, 6.45) is 2.95. The van der Waals surface area contributed by atoms with Crippen LogP contribution in [0.1, 0.15) is 16.7 Å². The van der Waals surface area contributed by atoms with Crippen LogP contribution >= 0.6 is 0 Å². The number of nitrogens with zero attached hydrogens (tertiary/aromatic N) is 4. The summed E-state index contributed by atoms with van der Waals surface area (Å²) in [5, 5.41) is 17.6. The second-order valence-electron chi connectivity index (χ2n) is 5.89. The number of rotatable bonds is 5. The highest BCUT2D eigenvalue weighted by Crippen LogP contribution is 2.33. The van der Waals surface area contributed by atoms with Crippen molar-refractivity contribution in [3.05, 3.63) is 69.7 Å². The summed E-state index contributed by atoms with van der Waals surface area (Å²) in [5.41, 5.74) is 3.58. The van der Waals surface area contributed by atoms with Crippen LogP contribution in [-0.2, 0) is 0 Å². The molecule has 0 fully saturated rings. The highest BCUT2D eigenvalue weighted by molar-refractivity contribution is 5.77. The number of hydrogen-bond donors (Lipinski definition) is 2. The second kappa shape index (κ2) is 7.14. The summed E-state index contributed by atoms with van der Waals surface area (Å²) < 4.78 is 0. The normalized spacial score (nSPS) is 10.4. The van der Waals surface area contributed by atoms with Crippen molar-refractivity contribution in [3.8, 4) is 0 Å². The molecule has 3 aromatic rings. The van der Waals surface area contributed by atoms with E-state index in [2.05, 4.69) is 25.6 Å². The minimum atomic E-state index is -0.510. The van der Waals surface area contributed by atoms with Crippen molar-refractivity contribution in [2.45, 2.75) is 20.8 Å². The molecule has 2 N–H and O–H groups in total. The van der Waals surface area contributed by atoms with E-state index < -0.39 is 4.92 Å². The van der Waals surface area contributed by atoms with Crippen LogP contribution < -0.4 is 10.6 Å². The maximum absolute atomic E-state index is 11.7. The molecule has 26 heavy (non-hydrogen) atoms. The molecule has 0 bridgehead atoms. The maximum atomic E-state index is 11.7. The lowest BCUT2D eigenvalue weighted by molar-refractivity contribution is -0.383. The summed E-state index contributed by atoms with van der Waals surface area (Å²) in [7, 11) is 0. The van der Waals surface area contributed by atoms with Gasteiger partial charge in [-0.3, -0.25) is 10.1 Å². The van der Waals surface area contributed by atoms with Crippen LogP contribution in [0.2, 0.25) is 0 Å². The third kappa shape index (κ3) is 3.59. The topological polar surface area (TPSA) is 106 Å². The molecule has 8 nitrogen and oxygen atoms in total. The van der Waals surface area contributed by atoms with Crippen molar-refractivity contribution in [2.75, 3.05) is 10.6 Å². The van der Waals surface area contributed by atoms with Crippen LogP contribution in [0.15, 0.2) is 42.9 Å². The Kier molecular flexibility index (Phi) is 4.74. The van der Waals surface area contributed by atoms with Crippen molar-refractivity contribution in [3.63, 3.8) is 0 Å². The Bertz CT molecular complexity index is 956. The standard InChI is InChI=1S/C18H18N6O2/c1-11-7-8-15(19-9-11)23-18-16(24(25)26)17(20-10-21-18)22-14-6-4-5-12(2)13(14)3/h4-10H,1-3H3,(H2,19,20,21,22,23). The molecule has 132 valence electrons. The minimum absolute atomic E-state index is 0.0779. The van der Waals surface area contributed by atoms with E-state index in [1.165, 1.54) is 6.33 Å². The van der Waals surface area contributed by atoms with Crippen molar-refractivity contribution >= 4 is 28.8 Å². The van der Waals surface area contributed by atoms with Gasteiger partial charge in [0.15, 0.2) is 0 Å². The number of anilines is 4. The molecule has 3 rings (SSSR count). The SMILES string of the molecule is Cc1ccc(Nc2ncnc(Nc3cccc(C)c3C)c2[N+](=O)[O-])nc1. The number of benzene rings is 1. The zero-order chi connectivity index (χ0) is 18.7. The molecule has 0 spiro atoms. The van der Waals surface area contributed by atoms with Gasteiger partial charge < -0.3 is 10.6 Å². The Hall–Kier alpha value is -3.55. The van der Waals surface area contributed by atoms with Gasteiger partial charge in [0.25, 0.3) is 0 Å². The molecule has 0 aliphatic carbocycles. The van der Waals surface area contributed by atoms with Gasteiger partial charge in [0, 0.05) is 11.9 Å². The quantitative estimate of drug-likeness (QED) is 0.525. The largest absolute Gasteiger partial charge is 0.353 e. The van der Waals surface area contributed by atoms with Crippen LogP contribution in [0, 0.1) is 30.9 Å². The number of pyridine rings is 1. The first kappa shape index (κ1) is 17.3. The smallest absolute Gasteiger partial charge is 0.334 e. The third-order valence-electron chi connectivity index (χ3n) is 4.02. The van der Waals surface area contributed by atoms with E-state index in [1.807, 2.05) is 45.0 Å². The van der Waals surface area contributed by atoms with Crippen molar-refractivity contribution in [1.82, 2.24) is 15.0 Å². The Morgan fingerprint density at radius 3 is 2.35 bits per heavy atom. The molecule has 0 radical (unpaired) electrons. The Labute approximate surface area is 150 Å². The molecule has 0 aliphatic heterocycles. The van der Waals surface area contributed by atoms with Gasteiger partial charge in [0.05, 0.1) is 4.92 Å². The number of aryl methyl sites for hydroxylation is 2. The van der Waals surface area contributed by atoms with Gasteiger partial charge in [0.2, 0.25) is 11.6 Å². The summed E-state index contributed by atoms with van der Waals surface area (Å²) in [4.78, 5) is 23.4. The van der Waals surface area contributed by atoms with E-state index in [4.69, 9.17) is 0 Å². The minimum Gasteiger partial charge on any atom is -0.334 e. The molecular formula is C18H18N6O2. The molecule has 1 aromatic carbocycles. The van der Waals surface area contributed by atoms with Crippen LogP contribution in [-0.4, -0.2) is 19.9 Å². The highest BCUT2D eigenvalue weighted by atomic mass is 16.6. The fourth-order valence-electron chi connectivity index (χ4n) is 2.41. The Balaban J connectivity index is 1.99. The maximum Gasteiger partial charge on any atom is 0.353 e. The highest BCUT2D eigenvalue weighted by Gasteiger charge is 2.24. The van der Waals surface area contributed by atoms with E-state index in [0.29, 0.717) is 5.82 Å². The lowest BCUT2D eigenvalue weighted by Crippen LogP contribution is -2.06. The lowest BCUT2D eigenvalue weighted by atomic mass is 10.1.